The normalized spacial score (nSPS) is 22.0. The topological polar surface area (TPSA) is 285 Å². The Kier molecular flexibility index (Phi) is 30.3. The summed E-state index contributed by atoms with van der Waals surface area (Å²) in [5.74, 6) is -3.20. The molecule has 0 saturated carbocycles. The molecule has 61 heavy (non-hydrogen) atoms. The number of thioether (sulfide) groups is 1. The van der Waals surface area contributed by atoms with E-state index in [-0.39, 0.29) is 43.9 Å². The maximum Gasteiger partial charge on any atom is 0.243 e. The van der Waals surface area contributed by atoms with Crippen LogP contribution in [0, 0.1) is 0 Å². The smallest absolute Gasteiger partial charge is 0.243 e. The zero-order valence-corrected chi connectivity index (χ0v) is 38.2. The van der Waals surface area contributed by atoms with Crippen molar-refractivity contribution in [1.82, 2.24) is 42.5 Å². The predicted octanol–water partition coefficient (Wildman–Crippen LogP) is 0.832. The zero-order chi connectivity index (χ0) is 45.4. The summed E-state index contributed by atoms with van der Waals surface area (Å²) in [4.78, 5) is 106. The fraction of sp³-hybridized carbons (Fsp3) is 0.780. The van der Waals surface area contributed by atoms with Crippen LogP contribution in [0.4, 0.5) is 0 Å². The third kappa shape index (κ3) is 26.8. The fourth-order valence-electron chi connectivity index (χ4n) is 6.67. The van der Waals surface area contributed by atoms with Gasteiger partial charge >= 0.3 is 0 Å². The van der Waals surface area contributed by atoms with Crippen molar-refractivity contribution in [2.24, 2.45) is 11.5 Å². The lowest BCUT2D eigenvalue weighted by Crippen LogP contribution is -2.59. The molecular weight excluding hydrogens is 825 g/mol. The number of unbranched alkanes of at least 4 members (excludes halogenated alkanes) is 2. The third-order valence-corrected chi connectivity index (χ3v) is 10.9. The Hall–Kier alpha value is -4.04. The van der Waals surface area contributed by atoms with E-state index in [1.165, 1.54) is 18.7 Å². The lowest BCUT2D eigenvalue weighted by atomic mass is 10.0. The molecule has 0 unspecified atom stereocenters. The molecule has 20 heteroatoms. The summed E-state index contributed by atoms with van der Waals surface area (Å²) < 4.78 is 0. The second-order valence-corrected chi connectivity index (χ2v) is 17.1. The Morgan fingerprint density at radius 1 is 0.754 bits per heavy atom. The Balaban J connectivity index is 3.47. The number of amides is 8. The zero-order valence-electron chi connectivity index (χ0n) is 36.6. The first kappa shape index (κ1) is 55.0. The minimum atomic E-state index is -1.12. The lowest BCUT2D eigenvalue weighted by Gasteiger charge is -2.27. The van der Waals surface area contributed by atoms with Gasteiger partial charge in [0.25, 0.3) is 0 Å². The quantitative estimate of drug-likeness (QED) is 0.0762. The molecule has 1 aliphatic rings. The van der Waals surface area contributed by atoms with Gasteiger partial charge in [0, 0.05) is 39.4 Å². The highest BCUT2D eigenvalue weighted by Gasteiger charge is 2.32. The van der Waals surface area contributed by atoms with Crippen LogP contribution in [0.25, 0.3) is 0 Å². The van der Waals surface area contributed by atoms with Crippen molar-refractivity contribution in [3.05, 3.63) is 0 Å². The molecule has 1 aliphatic heterocycles. The molecule has 5 atom stereocenters. The van der Waals surface area contributed by atoms with Crippen molar-refractivity contribution in [1.29, 1.82) is 0 Å². The van der Waals surface area contributed by atoms with Gasteiger partial charge in [-0.05, 0) is 122 Å². The van der Waals surface area contributed by atoms with Gasteiger partial charge < -0.3 is 54.0 Å². The average molecular weight is 899 g/mol. The largest absolute Gasteiger partial charge is 0.380 e. The number of carbonyl (C=O) groups excluding carboxylic acids is 8. The van der Waals surface area contributed by atoms with E-state index >= 15 is 0 Å². The minimum Gasteiger partial charge on any atom is -0.380 e. The van der Waals surface area contributed by atoms with Gasteiger partial charge in [0.15, 0.2) is 0 Å². The summed E-state index contributed by atoms with van der Waals surface area (Å²) in [6.07, 6.45) is 10.8. The number of nitrogens with two attached hydrogens (primary N) is 2. The number of rotatable bonds is 16. The van der Waals surface area contributed by atoms with Crippen molar-refractivity contribution in [2.45, 2.75) is 166 Å². The molecule has 0 aromatic rings. The molecule has 18 nitrogen and oxygen atoms in total. The standard InChI is InChI=1S/C41H74N10O8S2/c1-28(52)47-31-17-10-14-25-45-35(53)20-6-4-5-7-21-36(54)46-26-15-11-19-33(39(57)48-30(37(43)55)22-27-61-3)50-41(59)34(18-9-13-24-44-29(2)60)51-40(58)32(49-38(31)56)16-8-12-23-42/h30-34H,4-27,42H2,1-3H3,(H2,43,55)(H,44,60)(H,45,53)(H,46,54)(H,47,52)(H,48,57)(H,49,56)(H,50,59)(H,51,58)/t30-,31-,32-,33-,34-/m0/s1. The highest BCUT2D eigenvalue weighted by Crippen LogP contribution is 2.11. The molecule has 0 aromatic heterocycles. The van der Waals surface area contributed by atoms with Crippen LogP contribution in [0.5, 0.6) is 0 Å². The number of carbonyl (C=O) groups is 8. The van der Waals surface area contributed by atoms with Gasteiger partial charge in [-0.15, -0.1) is 0 Å². The van der Waals surface area contributed by atoms with Crippen LogP contribution in [-0.4, -0.2) is 121 Å². The van der Waals surface area contributed by atoms with Gasteiger partial charge in [0.05, 0.1) is 4.99 Å². The van der Waals surface area contributed by atoms with Gasteiger partial charge in [0.2, 0.25) is 47.3 Å². The molecule has 0 aliphatic carbocycles. The number of hydrogen-bond acceptors (Lipinski definition) is 11. The molecule has 0 aromatic carbocycles. The van der Waals surface area contributed by atoms with Crippen molar-refractivity contribution < 1.29 is 38.4 Å². The monoisotopic (exact) mass is 899 g/mol. The van der Waals surface area contributed by atoms with E-state index in [1.807, 2.05) is 6.26 Å². The molecule has 0 radical (unpaired) electrons. The van der Waals surface area contributed by atoms with Crippen molar-refractivity contribution in [2.75, 3.05) is 38.2 Å². The number of hydrogen-bond donors (Lipinski definition) is 10. The van der Waals surface area contributed by atoms with E-state index in [1.54, 1.807) is 6.92 Å². The van der Waals surface area contributed by atoms with Crippen LogP contribution in [0.3, 0.4) is 0 Å². The Morgan fingerprint density at radius 2 is 1.31 bits per heavy atom. The van der Waals surface area contributed by atoms with Crippen molar-refractivity contribution in [3.63, 3.8) is 0 Å². The first-order chi connectivity index (χ1) is 29.2. The highest BCUT2D eigenvalue weighted by molar-refractivity contribution is 7.98. The second-order valence-electron chi connectivity index (χ2n) is 15.6. The average Bonchev–Trinajstić information content (AvgIpc) is 3.20. The Morgan fingerprint density at radius 3 is 1.85 bits per heavy atom. The predicted molar refractivity (Wildman–Crippen MR) is 242 cm³/mol. The van der Waals surface area contributed by atoms with Crippen molar-refractivity contribution >= 4 is 76.2 Å². The van der Waals surface area contributed by atoms with Gasteiger partial charge in [-0.1, -0.05) is 25.1 Å². The summed E-state index contributed by atoms with van der Waals surface area (Å²) in [5, 5.41) is 22.7. The van der Waals surface area contributed by atoms with E-state index < -0.39 is 65.7 Å². The first-order valence-electron chi connectivity index (χ1n) is 21.9. The van der Waals surface area contributed by atoms with E-state index in [4.69, 9.17) is 23.7 Å². The number of thiocarbonyl (C=S) groups is 1. The van der Waals surface area contributed by atoms with Crippen LogP contribution >= 0.6 is 24.0 Å². The molecule has 1 fully saturated rings. The Labute approximate surface area is 371 Å². The van der Waals surface area contributed by atoms with E-state index in [0.717, 1.165) is 12.8 Å². The summed E-state index contributed by atoms with van der Waals surface area (Å²) in [6.45, 7) is 4.70. The fourth-order valence-corrected chi connectivity index (χ4v) is 7.24. The van der Waals surface area contributed by atoms with Gasteiger partial charge in [-0.2, -0.15) is 11.8 Å². The SMILES string of the molecule is CSCC[C@H](NC(=O)[C@@H]1CCCCNC(=O)CCCCCCC(=O)NCCCC[C@H](NC(C)=O)C(=O)N[C@@H](CCCCN)C(=O)N[C@@H](CCCCNC(C)=S)C(=O)N1)C(N)=O. The summed E-state index contributed by atoms with van der Waals surface area (Å²) >= 11 is 6.60. The molecule has 1 rings (SSSR count). The van der Waals surface area contributed by atoms with Gasteiger partial charge in [-0.25, -0.2) is 0 Å². The van der Waals surface area contributed by atoms with Crippen LogP contribution in [0.2, 0.25) is 0 Å². The maximum atomic E-state index is 14.1. The van der Waals surface area contributed by atoms with Gasteiger partial charge in [0.1, 0.15) is 30.2 Å². The molecule has 1 heterocycles. The van der Waals surface area contributed by atoms with Crippen LogP contribution < -0.4 is 54.0 Å². The summed E-state index contributed by atoms with van der Waals surface area (Å²) in [7, 11) is 0. The molecule has 1 saturated heterocycles. The van der Waals surface area contributed by atoms with Crippen molar-refractivity contribution in [3.8, 4) is 0 Å². The van der Waals surface area contributed by atoms with Crippen LogP contribution in [0.1, 0.15) is 136 Å². The van der Waals surface area contributed by atoms with Crippen LogP contribution in [-0.2, 0) is 38.4 Å². The molecule has 0 spiro atoms. The maximum absolute atomic E-state index is 14.1. The molecular formula is C41H74N10O8S2. The molecule has 12 N–H and O–H groups in total. The van der Waals surface area contributed by atoms with E-state index in [2.05, 4.69) is 42.5 Å². The molecule has 348 valence electrons. The minimum absolute atomic E-state index is 0.0786. The van der Waals surface area contributed by atoms with Crippen LogP contribution in [0.15, 0.2) is 0 Å². The van der Waals surface area contributed by atoms with E-state index in [0.29, 0.717) is 114 Å². The Bertz CT molecular complexity index is 1410. The van der Waals surface area contributed by atoms with E-state index in [9.17, 15) is 38.4 Å². The van der Waals surface area contributed by atoms with Gasteiger partial charge in [-0.3, -0.25) is 38.4 Å². The third-order valence-electron chi connectivity index (χ3n) is 10.1. The first-order valence-corrected chi connectivity index (χ1v) is 23.7. The number of primary amides is 1. The summed E-state index contributed by atoms with van der Waals surface area (Å²) in [5.41, 5.74) is 11.4. The highest BCUT2D eigenvalue weighted by atomic mass is 32.2. The lowest BCUT2D eigenvalue weighted by molar-refractivity contribution is -0.135. The summed E-state index contributed by atoms with van der Waals surface area (Å²) in [6, 6.07) is -5.24. The molecule has 0 bridgehead atoms. The number of nitrogens with one attached hydrogen (secondary N) is 8. The second kappa shape index (κ2) is 33.6. The molecule has 8 amide bonds.